The van der Waals surface area contributed by atoms with Gasteiger partial charge in [-0.2, -0.15) is 15.0 Å². The number of imidazole rings is 3. The van der Waals surface area contributed by atoms with E-state index in [4.69, 9.17) is 173 Å². The molecule has 11 unspecified atom stereocenters. The third-order valence-electron chi connectivity index (χ3n) is 23.4. The van der Waals surface area contributed by atoms with Gasteiger partial charge in [-0.1, -0.05) is 35.9 Å². The van der Waals surface area contributed by atoms with E-state index >= 15 is 23.5 Å². The van der Waals surface area contributed by atoms with Crippen LogP contribution in [-0.4, -0.2) is 336 Å². The maximum absolute atomic E-state index is 15.6. The Hall–Kier alpha value is -8.01. The van der Waals surface area contributed by atoms with E-state index in [-0.39, 0.29) is 133 Å². The van der Waals surface area contributed by atoms with E-state index in [9.17, 15) is 38.9 Å². The standard InChI is InChI=1S/C75H108N23O39P5S3/c1-34-21-93(73(102)88-58(34)76)68-54(118-16-11-113-6)49(40(129-68)25-122-138(105,106)135-50-42(131-71(55(50)119-17-12-114-7)98-33-87-47-64(98)90-72(80)91-66(47)101)27-125-140(109,143)133-38-20-44(127-37(38)4)96-31-85-45-60(78)81-29-83-62(45)96)134-139(107,108)123-26-41-51(56(120-18-13-115-8)69(130-41)94-22-35(2)59(77)89-74(94)103)136-142(111,145)126-28-43-52(57(121-19-14-116-9)70(132-43)97-32-86-46-61(79)82-30-84-63(46)97)137-141(110,144)124-24-39-48(99)53(117-15-10-112-5)67(128-39)95-23-36(3)65(100)92-75(95)104/h21-23,29-33,37-44,48-57,67-71,99H,10-20,24-28H2,1-9H3,(H,105,106)(H,107,108)(H,109,143)(H,110,144)(H,111,145)(H2,76,88,102)(H2,77,89,103)(H2,78,81,83)(H2,79,82,84)(H,92,100,104)(H3,80,90,91,101)/p-3/t37-,38?,39-,40-,41-,42-,43-,44-,48?,49?,50?,51?,52?,53+,54+,55+,56+,57+,67-,68-,69-,70-,71-,140?,141?,142?/m1/s1. The third-order valence-corrected chi connectivity index (χ3v) is 30.1. The van der Waals surface area contributed by atoms with Gasteiger partial charge < -0.3 is 156 Å². The highest BCUT2D eigenvalue weighted by Crippen LogP contribution is 2.59. The number of aromatic amines is 2. The van der Waals surface area contributed by atoms with Crippen LogP contribution in [0.3, 0.4) is 0 Å². The fraction of sp³-hybridized carbons (Fsp3) is 0.640. The molecule has 6 aliphatic rings. The minimum atomic E-state index is -6.21. The molecule has 9 aromatic heterocycles. The fourth-order valence-corrected chi connectivity index (χ4v) is 22.8. The second-order valence-electron chi connectivity index (χ2n) is 33.1. The van der Waals surface area contributed by atoms with Gasteiger partial charge in [0.25, 0.3) is 18.9 Å². The number of hydrogen-bond acceptors (Lipinski definition) is 55. The maximum Gasteiger partial charge on any atom is 0.472 e. The minimum Gasteiger partial charge on any atom is -0.780 e. The van der Waals surface area contributed by atoms with Gasteiger partial charge in [-0.15, -0.1) is 0 Å². The van der Waals surface area contributed by atoms with E-state index < -0.39 is 251 Å². The smallest absolute Gasteiger partial charge is 0.472 e. The lowest BCUT2D eigenvalue weighted by Crippen LogP contribution is -2.42. The van der Waals surface area contributed by atoms with Gasteiger partial charge in [-0.25, -0.2) is 58.4 Å². The molecular weight excluding hydrogens is 2100 g/mol. The van der Waals surface area contributed by atoms with Crippen LogP contribution < -0.4 is 71.5 Å². The monoisotopic (exact) mass is 2200 g/mol. The largest absolute Gasteiger partial charge is 0.780 e. The lowest BCUT2D eigenvalue weighted by Gasteiger charge is -2.35. The number of H-pyrrole nitrogens is 2. The number of rotatable bonds is 51. The van der Waals surface area contributed by atoms with Crippen molar-refractivity contribution in [3.05, 3.63) is 119 Å². The Labute approximate surface area is 834 Å². The van der Waals surface area contributed by atoms with Gasteiger partial charge in [0.05, 0.1) is 130 Å². The summed E-state index contributed by atoms with van der Waals surface area (Å²) in [6.45, 7) is -16.7. The molecule has 15 rings (SSSR count). The van der Waals surface area contributed by atoms with Crippen LogP contribution in [0, 0.1) is 20.8 Å². The molecule has 145 heavy (non-hydrogen) atoms. The molecule has 0 aliphatic carbocycles. The van der Waals surface area contributed by atoms with Crippen molar-refractivity contribution in [1.82, 2.24) is 87.2 Å². The van der Waals surface area contributed by atoms with E-state index in [0.717, 1.165) is 26.4 Å². The van der Waals surface area contributed by atoms with Crippen molar-refractivity contribution in [2.45, 2.75) is 175 Å². The predicted octanol–water partition coefficient (Wildman–Crippen LogP) is -3.20. The number of phosphoric acid groups is 2. The van der Waals surface area contributed by atoms with E-state index in [0.29, 0.717) is 5.65 Å². The first-order valence-electron chi connectivity index (χ1n) is 44.0. The Balaban J connectivity index is 0.717. The summed E-state index contributed by atoms with van der Waals surface area (Å²) in [6.07, 6.45) is -28.1. The molecule has 28 atom stereocenters. The van der Waals surface area contributed by atoms with Crippen LogP contribution in [0.15, 0.2) is 74.2 Å². The van der Waals surface area contributed by atoms with Crippen LogP contribution in [-0.2, 0) is 158 Å². The van der Waals surface area contributed by atoms with Crippen LogP contribution in [0.4, 0.5) is 29.2 Å². The normalized spacial score (nSPS) is 29.2. The lowest BCUT2D eigenvalue weighted by atomic mass is 10.1. The lowest BCUT2D eigenvalue weighted by molar-refractivity contribution is -0.237. The first-order valence-corrected chi connectivity index (χ1v) is 54.8. The fourth-order valence-electron chi connectivity index (χ4n) is 16.5. The summed E-state index contributed by atoms with van der Waals surface area (Å²) in [5.74, 6) is -0.879. The highest BCUT2D eigenvalue weighted by Gasteiger charge is 2.58. The number of nitrogens with two attached hydrogens (primary N) is 5. The zero-order valence-electron chi connectivity index (χ0n) is 78.3. The summed E-state index contributed by atoms with van der Waals surface area (Å²) in [7, 11) is -5.41. The Morgan fingerprint density at radius 1 is 0.434 bits per heavy atom. The van der Waals surface area contributed by atoms with Crippen molar-refractivity contribution in [1.29, 1.82) is 0 Å². The van der Waals surface area contributed by atoms with Crippen LogP contribution in [0.1, 0.15) is 67.4 Å². The molecule has 9 aromatic rings. The van der Waals surface area contributed by atoms with Crippen LogP contribution in [0.5, 0.6) is 0 Å². The quantitative estimate of drug-likeness (QED) is 0.0102. The van der Waals surface area contributed by atoms with Crippen molar-refractivity contribution in [2.75, 3.05) is 163 Å². The van der Waals surface area contributed by atoms with Gasteiger partial charge in [0.2, 0.25) is 5.95 Å². The number of phosphoric ester groups is 2. The summed E-state index contributed by atoms with van der Waals surface area (Å²) in [6, 6.07) is 0. The highest BCUT2D eigenvalue weighted by molar-refractivity contribution is 8.44. The van der Waals surface area contributed by atoms with Crippen molar-refractivity contribution in [2.24, 2.45) is 0 Å². The van der Waals surface area contributed by atoms with E-state index in [1.165, 1.54) is 103 Å². The van der Waals surface area contributed by atoms with Crippen molar-refractivity contribution in [3.8, 4) is 0 Å². The van der Waals surface area contributed by atoms with E-state index in [1.807, 2.05) is 0 Å². The number of anilines is 5. The van der Waals surface area contributed by atoms with Gasteiger partial charge in [0, 0.05) is 77.3 Å². The molecule has 0 aromatic carbocycles. The molecule has 6 aliphatic heterocycles. The summed E-state index contributed by atoms with van der Waals surface area (Å²) in [5, 5.41) is 11.8. The molecule has 62 nitrogen and oxygen atoms in total. The van der Waals surface area contributed by atoms with E-state index in [1.54, 1.807) is 11.5 Å². The van der Waals surface area contributed by atoms with Crippen molar-refractivity contribution >= 4 is 134 Å². The highest BCUT2D eigenvalue weighted by atomic mass is 32.7. The number of nitrogens with one attached hydrogen (secondary N) is 2. The van der Waals surface area contributed by atoms with E-state index in [2.05, 4.69) is 72.1 Å². The topological polar surface area (TPSA) is 806 Å². The summed E-state index contributed by atoms with van der Waals surface area (Å²) in [4.78, 5) is 171. The summed E-state index contributed by atoms with van der Waals surface area (Å²) < 4.78 is 209. The Morgan fingerprint density at radius 2 is 0.834 bits per heavy atom. The molecule has 0 radical (unpaired) electrons. The zero-order valence-corrected chi connectivity index (χ0v) is 85.3. The van der Waals surface area contributed by atoms with Crippen LogP contribution in [0.25, 0.3) is 33.5 Å². The third kappa shape index (κ3) is 25.9. The maximum atomic E-state index is 15.6. The first kappa shape index (κ1) is 111. The molecule has 15 heterocycles. The SMILES string of the molecule is COCCO[C@H]1C(O)[C@@H](COP([O-])(=S)OC2[C@@H](COP(=O)(S)OC3[C@@H](COP(=O)([O-])OC4[C@@H](COP(=O)(O)OC5[C@@H](COP([O-])(=S)OC6C[C@H](n7cnc8c(N)ncnc87)O[C@@H]6C)O[C@@H](n6cnc7c(=O)[nH]c(N)nc76)[C@H]5OCCOC)O[C@@H](n5cc(C)c(N)nc5=O)[C@H]4OCCOC)O[C@@H](n4cc(C)c(N)nc4=O)[C@H]3OCCOC)O[C@@H](n3cnc4c(N)ncnc43)[C@H]2OCCOC)O[C@H]1n1cc(C)c(=O)[nH]c1=O. The molecule has 0 amide bonds. The number of nitrogen functional groups attached to an aromatic ring is 5. The van der Waals surface area contributed by atoms with Crippen molar-refractivity contribution < 1.29 is 159 Å². The predicted molar refractivity (Wildman–Crippen MR) is 498 cm³/mol. The summed E-state index contributed by atoms with van der Waals surface area (Å²) >= 11 is 15.5. The molecule has 70 heteroatoms. The second-order valence-corrected chi connectivity index (χ2v) is 44.1. The minimum absolute atomic E-state index is 0.00197. The average molecular weight is 2200 g/mol. The van der Waals surface area contributed by atoms with Gasteiger partial charge in [-0.3, -0.25) is 69.6 Å². The number of ether oxygens (including phenoxy) is 16. The van der Waals surface area contributed by atoms with Gasteiger partial charge >= 0.3 is 31.7 Å². The number of fused-ring (bicyclic) bond motifs is 3. The molecule has 800 valence electrons. The zero-order chi connectivity index (χ0) is 104. The number of thiol groups is 1. The number of nitrogens with zero attached hydrogens (tertiary/aromatic N) is 16. The Kier molecular flexibility index (Phi) is 36.5. The first-order chi connectivity index (χ1) is 69.0. The number of aliphatic hydroxyl groups is 1. The molecular formula is C75H105N23O39P5S3-3. The molecule has 0 spiro atoms. The van der Waals surface area contributed by atoms with Crippen molar-refractivity contribution in [3.63, 3.8) is 0 Å². The molecule has 0 saturated carbocycles. The summed E-state index contributed by atoms with van der Waals surface area (Å²) in [5.41, 5.74) is 26.5. The average Bonchev–Trinajstić information content (AvgIpc) is 1.60. The van der Waals surface area contributed by atoms with Gasteiger partial charge in [-0.05, 0) is 27.7 Å². The number of methoxy groups -OCH3 is 5. The molecule has 6 fully saturated rings. The van der Waals surface area contributed by atoms with Gasteiger partial charge in [0.15, 0.2) is 65.2 Å². The molecule has 6 saturated heterocycles. The Morgan fingerprint density at radius 3 is 1.34 bits per heavy atom. The van der Waals surface area contributed by atoms with Gasteiger partial charge in [0.1, 0.15) is 147 Å². The van der Waals surface area contributed by atoms with Crippen LogP contribution >= 0.6 is 48.1 Å². The second kappa shape index (κ2) is 47.7. The molecule has 0 bridgehead atoms. The molecule has 14 N–H and O–H groups in total. The number of aromatic nitrogens is 18. The Bertz CT molecular complexity index is 6620. The van der Waals surface area contributed by atoms with Crippen LogP contribution in [0.2, 0.25) is 0 Å². The number of aryl methyl sites for hydroxylation is 3. The number of hydrogen-bond donors (Lipinski definition) is 10. The number of aliphatic hydroxyl groups excluding tert-OH is 1.